The van der Waals surface area contributed by atoms with E-state index in [0.29, 0.717) is 0 Å². The van der Waals surface area contributed by atoms with E-state index in [-0.39, 0.29) is 21.2 Å². The SMILES string of the molecule is C[I-]c1ccno1. The summed E-state index contributed by atoms with van der Waals surface area (Å²) in [5.41, 5.74) is 0. The summed E-state index contributed by atoms with van der Waals surface area (Å²) in [4.78, 5) is 2.14. The maximum absolute atomic E-state index is 4.78. The van der Waals surface area contributed by atoms with E-state index in [0.717, 1.165) is 3.77 Å². The van der Waals surface area contributed by atoms with Gasteiger partial charge in [0.2, 0.25) is 0 Å². The van der Waals surface area contributed by atoms with Gasteiger partial charge in [-0.25, -0.2) is 0 Å². The van der Waals surface area contributed by atoms with Crippen molar-refractivity contribution in [1.29, 1.82) is 0 Å². The van der Waals surface area contributed by atoms with Crippen LogP contribution < -0.4 is 21.2 Å². The van der Waals surface area contributed by atoms with Crippen molar-refractivity contribution in [3.63, 3.8) is 0 Å². The molecule has 0 aliphatic carbocycles. The van der Waals surface area contributed by atoms with Crippen LogP contribution in [-0.2, 0) is 0 Å². The van der Waals surface area contributed by atoms with Crippen LogP contribution in [0.3, 0.4) is 0 Å². The van der Waals surface area contributed by atoms with E-state index < -0.39 is 0 Å². The van der Waals surface area contributed by atoms with Gasteiger partial charge < -0.3 is 0 Å². The van der Waals surface area contributed by atoms with Gasteiger partial charge in [-0.15, -0.1) is 0 Å². The number of aromatic nitrogens is 1. The molecule has 0 aliphatic rings. The molecular formula is C4H5INO-. The van der Waals surface area contributed by atoms with E-state index in [2.05, 4.69) is 10.1 Å². The number of hydrogen-bond acceptors (Lipinski definition) is 2. The molecule has 2 nitrogen and oxygen atoms in total. The van der Waals surface area contributed by atoms with Gasteiger partial charge in [-0.2, -0.15) is 0 Å². The minimum absolute atomic E-state index is 0.118. The molecule has 0 amide bonds. The van der Waals surface area contributed by atoms with Crippen molar-refractivity contribution in [2.75, 3.05) is 4.93 Å². The Morgan fingerprint density at radius 2 is 2.71 bits per heavy atom. The number of hydrogen-bond donors (Lipinski definition) is 0. The van der Waals surface area contributed by atoms with Gasteiger partial charge in [0.25, 0.3) is 0 Å². The fraction of sp³-hybridized carbons (Fsp3) is 0.250. The average molecular weight is 210 g/mol. The fourth-order valence-electron chi connectivity index (χ4n) is 0.298. The second-order valence-electron chi connectivity index (χ2n) is 1.01. The molecule has 7 heavy (non-hydrogen) atoms. The van der Waals surface area contributed by atoms with Crippen molar-refractivity contribution in [1.82, 2.24) is 5.16 Å². The molecule has 0 unspecified atom stereocenters. The predicted octanol–water partition coefficient (Wildman–Crippen LogP) is -2.44. The monoisotopic (exact) mass is 210 g/mol. The van der Waals surface area contributed by atoms with Crippen LogP contribution in [0.15, 0.2) is 16.8 Å². The molecule has 3 heteroatoms. The molecule has 0 aromatic carbocycles. The van der Waals surface area contributed by atoms with Gasteiger partial charge in [0.05, 0.1) is 0 Å². The van der Waals surface area contributed by atoms with Gasteiger partial charge in [0.15, 0.2) is 0 Å². The summed E-state index contributed by atoms with van der Waals surface area (Å²) in [5, 5.41) is 3.55. The molecular weight excluding hydrogens is 205 g/mol. The average Bonchev–Trinajstić information content (AvgIpc) is 2.14. The Bertz CT molecular complexity index is 126. The van der Waals surface area contributed by atoms with Crippen LogP contribution in [0.4, 0.5) is 0 Å². The van der Waals surface area contributed by atoms with Crippen LogP contribution in [0.1, 0.15) is 0 Å². The maximum atomic E-state index is 4.78. The number of rotatable bonds is 1. The van der Waals surface area contributed by atoms with Crippen molar-refractivity contribution >= 4 is 0 Å². The van der Waals surface area contributed by atoms with Crippen molar-refractivity contribution < 1.29 is 25.7 Å². The van der Waals surface area contributed by atoms with Crippen LogP contribution in [-0.4, -0.2) is 10.1 Å². The molecule has 1 aromatic heterocycles. The Hall–Kier alpha value is -0.0600. The van der Waals surface area contributed by atoms with Crippen LogP contribution in [0.25, 0.3) is 0 Å². The standard InChI is InChI=1S/C4H5INO/c1-5-4-2-3-6-7-4/h2-3H,1H3/q-1. The van der Waals surface area contributed by atoms with Crippen molar-refractivity contribution in [2.45, 2.75) is 0 Å². The Morgan fingerprint density at radius 1 is 1.86 bits per heavy atom. The third-order valence-electron chi connectivity index (χ3n) is 0.593. The molecule has 1 rings (SSSR count). The van der Waals surface area contributed by atoms with Gasteiger partial charge in [0, 0.05) is 0 Å². The molecule has 1 aromatic rings. The Morgan fingerprint density at radius 3 is 3.00 bits per heavy atom. The van der Waals surface area contributed by atoms with Crippen molar-refractivity contribution in [2.24, 2.45) is 0 Å². The minimum atomic E-state index is 0.118. The first kappa shape index (κ1) is 5.08. The Balaban J connectivity index is 2.76. The molecule has 0 spiro atoms. The summed E-state index contributed by atoms with van der Waals surface area (Å²) in [5.74, 6) is 0. The van der Waals surface area contributed by atoms with Gasteiger partial charge in [0.1, 0.15) is 0 Å². The van der Waals surface area contributed by atoms with Crippen LogP contribution >= 0.6 is 0 Å². The van der Waals surface area contributed by atoms with Crippen molar-refractivity contribution in [3.05, 3.63) is 16.0 Å². The fourth-order valence-corrected chi connectivity index (χ4v) is 1.13. The van der Waals surface area contributed by atoms with E-state index in [1.54, 1.807) is 6.20 Å². The zero-order valence-corrected chi connectivity index (χ0v) is 6.05. The van der Waals surface area contributed by atoms with Gasteiger partial charge >= 0.3 is 51.8 Å². The van der Waals surface area contributed by atoms with Crippen LogP contribution in [0.5, 0.6) is 0 Å². The van der Waals surface area contributed by atoms with E-state index in [1.165, 1.54) is 0 Å². The number of nitrogens with zero attached hydrogens (tertiary/aromatic N) is 1. The topological polar surface area (TPSA) is 26.0 Å². The Labute approximate surface area is 52.1 Å². The first-order valence-electron chi connectivity index (χ1n) is 1.83. The quantitative estimate of drug-likeness (QED) is 0.380. The van der Waals surface area contributed by atoms with E-state index in [4.69, 9.17) is 4.52 Å². The summed E-state index contributed by atoms with van der Waals surface area (Å²) >= 11 is 0.118. The molecule has 40 valence electrons. The first-order valence-corrected chi connectivity index (χ1v) is 5.07. The molecule has 0 fully saturated rings. The summed E-state index contributed by atoms with van der Waals surface area (Å²) in [6.07, 6.45) is 1.68. The molecule has 0 N–H and O–H groups in total. The molecule has 0 saturated carbocycles. The first-order chi connectivity index (χ1) is 3.43. The zero-order valence-electron chi connectivity index (χ0n) is 3.89. The summed E-state index contributed by atoms with van der Waals surface area (Å²) < 4.78 is 5.84. The van der Waals surface area contributed by atoms with Crippen LogP contribution in [0.2, 0.25) is 0 Å². The van der Waals surface area contributed by atoms with Crippen molar-refractivity contribution in [3.8, 4) is 0 Å². The molecule has 0 bridgehead atoms. The molecule has 0 atom stereocenters. The third-order valence-corrected chi connectivity index (χ3v) is 2.21. The third kappa shape index (κ3) is 1.15. The van der Waals surface area contributed by atoms with Gasteiger partial charge in [-0.3, -0.25) is 0 Å². The van der Waals surface area contributed by atoms with Crippen LogP contribution in [0, 0.1) is 3.77 Å². The summed E-state index contributed by atoms with van der Waals surface area (Å²) in [6, 6.07) is 1.91. The molecule has 0 saturated heterocycles. The normalized spacial score (nSPS) is 9.86. The van der Waals surface area contributed by atoms with E-state index in [9.17, 15) is 0 Å². The second-order valence-corrected chi connectivity index (χ2v) is 3.15. The van der Waals surface area contributed by atoms with E-state index >= 15 is 0 Å². The summed E-state index contributed by atoms with van der Waals surface area (Å²) in [7, 11) is 0. The summed E-state index contributed by atoms with van der Waals surface area (Å²) in [6.45, 7) is 0. The van der Waals surface area contributed by atoms with Gasteiger partial charge in [-0.05, 0) is 0 Å². The number of halogens is 1. The molecule has 0 radical (unpaired) electrons. The molecule has 0 aliphatic heterocycles. The molecule has 1 heterocycles. The predicted molar refractivity (Wildman–Crippen MR) is 21.1 cm³/mol. The number of alkyl halides is 1. The Kier molecular flexibility index (Phi) is 1.67. The van der Waals surface area contributed by atoms with Gasteiger partial charge in [-0.1, -0.05) is 0 Å². The zero-order chi connectivity index (χ0) is 5.11. The van der Waals surface area contributed by atoms with E-state index in [1.807, 2.05) is 6.07 Å². The second kappa shape index (κ2) is 2.30.